The van der Waals surface area contributed by atoms with E-state index in [1.54, 1.807) is 5.56 Å². The average Bonchev–Trinajstić information content (AvgIpc) is 3.25. The first kappa shape index (κ1) is 31.2. The van der Waals surface area contributed by atoms with Gasteiger partial charge in [0, 0.05) is 20.5 Å². The number of fused-ring (bicyclic) bond motifs is 3. The third kappa shape index (κ3) is 6.51. The minimum absolute atomic E-state index is 0.0181. The van der Waals surface area contributed by atoms with Gasteiger partial charge in [-0.25, -0.2) is 0 Å². The highest BCUT2D eigenvalue weighted by molar-refractivity contribution is 9.10. The molecule has 1 aliphatic carbocycles. The Labute approximate surface area is 255 Å². The number of rotatable bonds is 15. The molecule has 0 amide bonds. The molecule has 0 radical (unpaired) electrons. The number of unbranched alkanes of at least 4 members (excludes halogenated alkanes) is 2. The molecule has 0 bridgehead atoms. The van der Waals surface area contributed by atoms with Crippen LogP contribution in [0.4, 0.5) is 0 Å². The highest BCUT2D eigenvalue weighted by Crippen LogP contribution is 2.57. The van der Waals surface area contributed by atoms with Crippen molar-refractivity contribution in [3.8, 4) is 22.3 Å². The van der Waals surface area contributed by atoms with Crippen LogP contribution in [-0.4, -0.2) is 9.96 Å². The van der Waals surface area contributed by atoms with Gasteiger partial charge in [0.05, 0.1) is 10.8 Å². The molecular weight excluding hydrogens is 572 g/mol. The first-order valence-corrected chi connectivity index (χ1v) is 18.0. The van der Waals surface area contributed by atoms with Crippen LogP contribution in [0.1, 0.15) is 110 Å². The molecule has 0 aromatic heterocycles. The SMILES string of the molecule is CCCCC(CC)CC1(CC(CC)CCCC)c2ccccc2-c2ccc(-c3ccc(Br)cc3S(=O)CC)cc21. The number of hydrogen-bond acceptors (Lipinski definition) is 1. The van der Waals surface area contributed by atoms with Gasteiger partial charge in [0.25, 0.3) is 0 Å². The topological polar surface area (TPSA) is 17.1 Å². The normalized spacial score (nSPS) is 18.2. The van der Waals surface area contributed by atoms with Crippen LogP contribution in [-0.2, 0) is 16.2 Å². The Morgan fingerprint density at radius 3 is 1.93 bits per heavy atom. The fourth-order valence-electron chi connectivity index (χ4n) is 7.10. The van der Waals surface area contributed by atoms with Gasteiger partial charge in [0.2, 0.25) is 0 Å². The maximum absolute atomic E-state index is 13.2. The fraction of sp³-hybridized carbons (Fsp3) is 0.514. The highest BCUT2D eigenvalue weighted by atomic mass is 79.9. The molecule has 0 saturated carbocycles. The summed E-state index contributed by atoms with van der Waals surface area (Å²) in [7, 11) is -1.03. The van der Waals surface area contributed by atoms with Crippen molar-refractivity contribution < 1.29 is 4.21 Å². The van der Waals surface area contributed by atoms with Gasteiger partial charge in [-0.15, -0.1) is 0 Å². The number of halogens is 1. The average molecular weight is 622 g/mol. The summed E-state index contributed by atoms with van der Waals surface area (Å²) >= 11 is 3.63. The van der Waals surface area contributed by atoms with E-state index in [0.717, 1.165) is 14.9 Å². The summed E-state index contributed by atoms with van der Waals surface area (Å²) in [6, 6.07) is 22.7. The molecule has 3 aromatic carbocycles. The van der Waals surface area contributed by atoms with Gasteiger partial charge < -0.3 is 0 Å². The fourth-order valence-corrected chi connectivity index (χ4v) is 8.61. The Morgan fingerprint density at radius 1 is 0.725 bits per heavy atom. The van der Waals surface area contributed by atoms with Crippen LogP contribution in [0, 0.1) is 11.8 Å². The predicted octanol–water partition coefficient (Wildman–Crippen LogP) is 11.7. The molecule has 3 heteroatoms. The van der Waals surface area contributed by atoms with Crippen LogP contribution in [0.2, 0.25) is 0 Å². The summed E-state index contributed by atoms with van der Waals surface area (Å²) in [6.45, 7) is 11.4. The quantitative estimate of drug-likeness (QED) is 0.165. The Bertz CT molecular complexity index is 1280. The van der Waals surface area contributed by atoms with Crippen molar-refractivity contribution in [3.05, 3.63) is 76.3 Å². The van der Waals surface area contributed by atoms with Gasteiger partial charge in [-0.3, -0.25) is 4.21 Å². The van der Waals surface area contributed by atoms with Crippen molar-refractivity contribution >= 4 is 26.7 Å². The van der Waals surface area contributed by atoms with Crippen LogP contribution < -0.4 is 0 Å². The van der Waals surface area contributed by atoms with E-state index in [2.05, 4.69) is 104 Å². The summed E-state index contributed by atoms with van der Waals surface area (Å²) in [5.41, 5.74) is 8.20. The zero-order valence-electron chi connectivity index (χ0n) is 25.4. The molecule has 3 unspecified atom stereocenters. The maximum Gasteiger partial charge on any atom is 0.0533 e. The maximum atomic E-state index is 13.2. The smallest absolute Gasteiger partial charge is 0.0533 e. The summed E-state index contributed by atoms with van der Waals surface area (Å²) in [5, 5.41) is 0. The second-order valence-electron chi connectivity index (χ2n) is 11.9. The van der Waals surface area contributed by atoms with Crippen LogP contribution in [0.15, 0.2) is 70.0 Å². The first-order chi connectivity index (χ1) is 19.4. The van der Waals surface area contributed by atoms with E-state index >= 15 is 0 Å². The number of benzene rings is 3. The van der Waals surface area contributed by atoms with Crippen molar-refractivity contribution in [3.63, 3.8) is 0 Å². The molecule has 216 valence electrons. The molecule has 0 spiro atoms. The van der Waals surface area contributed by atoms with Gasteiger partial charge in [-0.1, -0.05) is 144 Å². The summed E-state index contributed by atoms with van der Waals surface area (Å²) in [4.78, 5) is 0.932. The number of hydrogen-bond donors (Lipinski definition) is 0. The molecule has 4 rings (SSSR count). The summed E-state index contributed by atoms with van der Waals surface area (Å²) in [5.74, 6) is 2.04. The third-order valence-corrected chi connectivity index (χ3v) is 11.2. The molecule has 0 aliphatic heterocycles. The van der Waals surface area contributed by atoms with Gasteiger partial charge in [-0.2, -0.15) is 0 Å². The molecule has 0 saturated heterocycles. The van der Waals surface area contributed by atoms with Gasteiger partial charge in [-0.05, 0) is 76.3 Å². The lowest BCUT2D eigenvalue weighted by molar-refractivity contribution is 0.266. The van der Waals surface area contributed by atoms with E-state index in [1.165, 1.54) is 86.5 Å². The Morgan fingerprint density at radius 2 is 1.32 bits per heavy atom. The molecule has 0 fully saturated rings. The summed E-state index contributed by atoms with van der Waals surface area (Å²) < 4.78 is 14.1. The third-order valence-electron chi connectivity index (χ3n) is 9.39. The van der Waals surface area contributed by atoms with Gasteiger partial charge in [0.15, 0.2) is 0 Å². The van der Waals surface area contributed by atoms with E-state index in [1.807, 2.05) is 6.92 Å². The van der Waals surface area contributed by atoms with Crippen molar-refractivity contribution in [2.24, 2.45) is 11.8 Å². The lowest BCUT2D eigenvalue weighted by Gasteiger charge is -2.39. The zero-order valence-corrected chi connectivity index (χ0v) is 27.8. The molecule has 1 aliphatic rings. The standard InChI is InChI=1S/C37H49BrOS/c1-6-11-15-27(8-3)25-37(26-28(9-4)16-12-7-2)34-18-14-13-17-32(34)33-21-19-29(23-35(33)37)31-22-20-30(38)24-36(31)40(39)10-5/h13-14,17-24,27-28H,6-12,15-16,25-26H2,1-5H3. The van der Waals surface area contributed by atoms with E-state index < -0.39 is 10.8 Å². The molecule has 0 N–H and O–H groups in total. The zero-order chi connectivity index (χ0) is 28.7. The predicted molar refractivity (Wildman–Crippen MR) is 179 cm³/mol. The van der Waals surface area contributed by atoms with E-state index in [0.29, 0.717) is 17.6 Å². The minimum Gasteiger partial charge on any atom is -0.254 e. The van der Waals surface area contributed by atoms with Crippen LogP contribution in [0.25, 0.3) is 22.3 Å². The van der Waals surface area contributed by atoms with Crippen LogP contribution in [0.3, 0.4) is 0 Å². The van der Waals surface area contributed by atoms with Crippen molar-refractivity contribution in [2.45, 2.75) is 109 Å². The Kier molecular flexibility index (Phi) is 11.3. The highest BCUT2D eigenvalue weighted by Gasteiger charge is 2.45. The monoisotopic (exact) mass is 620 g/mol. The molecular formula is C37H49BrOS. The molecule has 3 aromatic rings. The summed E-state index contributed by atoms with van der Waals surface area (Å²) in [6.07, 6.45) is 12.7. The lowest BCUT2D eigenvalue weighted by Crippen LogP contribution is -2.31. The van der Waals surface area contributed by atoms with E-state index in [4.69, 9.17) is 0 Å². The van der Waals surface area contributed by atoms with E-state index in [-0.39, 0.29) is 5.41 Å². The largest absolute Gasteiger partial charge is 0.254 e. The molecule has 3 atom stereocenters. The molecule has 40 heavy (non-hydrogen) atoms. The minimum atomic E-state index is -1.03. The molecule has 0 heterocycles. The van der Waals surface area contributed by atoms with Crippen molar-refractivity contribution in [1.29, 1.82) is 0 Å². The Hall–Kier alpha value is -1.71. The van der Waals surface area contributed by atoms with Crippen LogP contribution >= 0.6 is 15.9 Å². The second kappa shape index (κ2) is 14.5. The Balaban J connectivity index is 1.93. The van der Waals surface area contributed by atoms with Gasteiger partial charge >= 0.3 is 0 Å². The van der Waals surface area contributed by atoms with E-state index in [9.17, 15) is 4.21 Å². The van der Waals surface area contributed by atoms with Gasteiger partial charge in [0.1, 0.15) is 0 Å². The van der Waals surface area contributed by atoms with Crippen LogP contribution in [0.5, 0.6) is 0 Å². The molecule has 1 nitrogen and oxygen atoms in total. The second-order valence-corrected chi connectivity index (χ2v) is 14.5. The van der Waals surface area contributed by atoms with Crippen molar-refractivity contribution in [2.75, 3.05) is 5.75 Å². The lowest BCUT2D eigenvalue weighted by atomic mass is 9.65. The van der Waals surface area contributed by atoms with Crippen molar-refractivity contribution in [1.82, 2.24) is 0 Å². The first-order valence-electron chi connectivity index (χ1n) is 15.8.